The predicted molar refractivity (Wildman–Crippen MR) is 58.8 cm³/mol. The third-order valence-electron chi connectivity index (χ3n) is 2.62. The van der Waals surface area contributed by atoms with Gasteiger partial charge < -0.3 is 4.74 Å². The van der Waals surface area contributed by atoms with Crippen LogP contribution in [0, 0.1) is 12.8 Å². The van der Waals surface area contributed by atoms with Gasteiger partial charge in [0, 0.05) is 12.8 Å². The molecule has 0 aromatic carbocycles. The molecule has 0 spiro atoms. The lowest BCUT2D eigenvalue weighted by atomic mass is 10.2. The molecule has 1 aromatic heterocycles. The number of nitrogens with zero attached hydrogens (tertiary/aromatic N) is 2. The van der Waals surface area contributed by atoms with Crippen molar-refractivity contribution in [1.82, 2.24) is 9.97 Å². The zero-order valence-corrected chi connectivity index (χ0v) is 9.79. The number of rotatable bonds is 4. The maximum absolute atomic E-state index is 5.78. The zero-order chi connectivity index (χ0) is 10.8. The van der Waals surface area contributed by atoms with E-state index in [1.165, 1.54) is 12.8 Å². The predicted octanol–water partition coefficient (Wildman–Crippen LogP) is 2.62. The summed E-state index contributed by atoms with van der Waals surface area (Å²) in [4.78, 5) is 8.84. The van der Waals surface area contributed by atoms with Gasteiger partial charge in [0.15, 0.2) is 5.82 Å². The SMILES string of the molecule is COC(c1nc(C)cc(CCl)n1)C1CC1. The Labute approximate surface area is 94.8 Å². The van der Waals surface area contributed by atoms with Crippen molar-refractivity contribution in [3.63, 3.8) is 0 Å². The number of aromatic nitrogens is 2. The molecule has 3 nitrogen and oxygen atoms in total. The van der Waals surface area contributed by atoms with E-state index in [0.29, 0.717) is 11.8 Å². The largest absolute Gasteiger partial charge is 0.373 e. The van der Waals surface area contributed by atoms with Gasteiger partial charge in [0.25, 0.3) is 0 Å². The van der Waals surface area contributed by atoms with Crippen molar-refractivity contribution in [2.45, 2.75) is 31.7 Å². The van der Waals surface area contributed by atoms with Crippen LogP contribution in [-0.2, 0) is 10.6 Å². The topological polar surface area (TPSA) is 35.0 Å². The van der Waals surface area contributed by atoms with Crippen LogP contribution >= 0.6 is 11.6 Å². The van der Waals surface area contributed by atoms with Gasteiger partial charge in [-0.05, 0) is 31.7 Å². The van der Waals surface area contributed by atoms with Crippen LogP contribution in [0.1, 0.15) is 36.2 Å². The summed E-state index contributed by atoms with van der Waals surface area (Å²) in [5.41, 5.74) is 1.83. The number of hydrogen-bond donors (Lipinski definition) is 0. The van der Waals surface area contributed by atoms with Crippen LogP contribution in [0.2, 0.25) is 0 Å². The Balaban J connectivity index is 2.28. The van der Waals surface area contributed by atoms with Crippen molar-refractivity contribution >= 4 is 11.6 Å². The summed E-state index contributed by atoms with van der Waals surface area (Å²) in [6.07, 6.45) is 2.48. The number of alkyl halides is 1. The molecule has 2 rings (SSSR count). The molecule has 0 amide bonds. The Kier molecular flexibility index (Phi) is 3.22. The first-order valence-corrected chi connectivity index (χ1v) is 5.71. The maximum atomic E-state index is 5.78. The summed E-state index contributed by atoms with van der Waals surface area (Å²) in [6.45, 7) is 1.96. The second-order valence-corrected chi connectivity index (χ2v) is 4.25. The average molecular weight is 227 g/mol. The maximum Gasteiger partial charge on any atom is 0.157 e. The van der Waals surface area contributed by atoms with Crippen LogP contribution < -0.4 is 0 Å². The van der Waals surface area contributed by atoms with E-state index in [2.05, 4.69) is 9.97 Å². The molecule has 82 valence electrons. The van der Waals surface area contributed by atoms with Crippen LogP contribution in [0.3, 0.4) is 0 Å². The van der Waals surface area contributed by atoms with Gasteiger partial charge in [-0.2, -0.15) is 0 Å². The van der Waals surface area contributed by atoms with Crippen molar-refractivity contribution in [2.75, 3.05) is 7.11 Å². The molecular formula is C11H15ClN2O. The molecular weight excluding hydrogens is 212 g/mol. The summed E-state index contributed by atoms with van der Waals surface area (Å²) >= 11 is 5.78. The fourth-order valence-electron chi connectivity index (χ4n) is 1.76. The lowest BCUT2D eigenvalue weighted by Crippen LogP contribution is -2.10. The number of hydrogen-bond acceptors (Lipinski definition) is 3. The normalized spacial score (nSPS) is 17.8. The summed E-state index contributed by atoms with van der Waals surface area (Å²) in [5, 5.41) is 0. The van der Waals surface area contributed by atoms with E-state index >= 15 is 0 Å². The standard InChI is InChI=1S/C11H15ClN2O/c1-7-5-9(6-12)14-11(13-7)10(15-2)8-3-4-8/h5,8,10H,3-4,6H2,1-2H3. The van der Waals surface area contributed by atoms with Gasteiger partial charge in [-0.25, -0.2) is 9.97 Å². The van der Waals surface area contributed by atoms with Crippen LogP contribution in [0.15, 0.2) is 6.07 Å². The van der Waals surface area contributed by atoms with E-state index in [-0.39, 0.29) is 6.10 Å². The third kappa shape index (κ3) is 2.47. The van der Waals surface area contributed by atoms with E-state index in [4.69, 9.17) is 16.3 Å². The highest BCUT2D eigenvalue weighted by atomic mass is 35.5. The van der Waals surface area contributed by atoms with Gasteiger partial charge in [-0.1, -0.05) is 0 Å². The zero-order valence-electron chi connectivity index (χ0n) is 9.03. The highest BCUT2D eigenvalue weighted by molar-refractivity contribution is 6.16. The van der Waals surface area contributed by atoms with Gasteiger partial charge in [-0.15, -0.1) is 11.6 Å². The van der Waals surface area contributed by atoms with Crippen molar-refractivity contribution < 1.29 is 4.74 Å². The van der Waals surface area contributed by atoms with Crippen molar-refractivity contribution in [3.8, 4) is 0 Å². The van der Waals surface area contributed by atoms with Gasteiger partial charge in [0.1, 0.15) is 6.10 Å². The van der Waals surface area contributed by atoms with Crippen molar-refractivity contribution in [3.05, 3.63) is 23.3 Å². The lowest BCUT2D eigenvalue weighted by Gasteiger charge is -2.14. The van der Waals surface area contributed by atoms with E-state index in [9.17, 15) is 0 Å². The second kappa shape index (κ2) is 4.45. The smallest absolute Gasteiger partial charge is 0.157 e. The van der Waals surface area contributed by atoms with Crippen LogP contribution in [0.5, 0.6) is 0 Å². The molecule has 0 bridgehead atoms. The Morgan fingerprint density at radius 2 is 2.27 bits per heavy atom. The van der Waals surface area contributed by atoms with E-state index in [1.54, 1.807) is 7.11 Å². The molecule has 1 aliphatic carbocycles. The van der Waals surface area contributed by atoms with E-state index < -0.39 is 0 Å². The molecule has 1 aliphatic rings. The van der Waals surface area contributed by atoms with E-state index in [1.807, 2.05) is 13.0 Å². The molecule has 1 fully saturated rings. The Hall–Kier alpha value is -0.670. The van der Waals surface area contributed by atoms with Crippen LogP contribution in [-0.4, -0.2) is 17.1 Å². The second-order valence-electron chi connectivity index (χ2n) is 3.99. The van der Waals surface area contributed by atoms with Gasteiger partial charge in [0.2, 0.25) is 0 Å². The minimum absolute atomic E-state index is 0.0480. The summed E-state index contributed by atoms with van der Waals surface area (Å²) in [7, 11) is 1.72. The minimum Gasteiger partial charge on any atom is -0.373 e. The molecule has 0 radical (unpaired) electrons. The monoisotopic (exact) mass is 226 g/mol. The molecule has 0 aliphatic heterocycles. The fraction of sp³-hybridized carbons (Fsp3) is 0.636. The van der Waals surface area contributed by atoms with Gasteiger partial charge >= 0.3 is 0 Å². The summed E-state index contributed by atoms with van der Waals surface area (Å²) in [5.74, 6) is 1.81. The molecule has 1 aromatic rings. The molecule has 1 saturated carbocycles. The quantitative estimate of drug-likeness (QED) is 0.741. The van der Waals surface area contributed by atoms with Gasteiger partial charge in [-0.3, -0.25) is 0 Å². The first-order chi connectivity index (χ1) is 7.24. The molecule has 15 heavy (non-hydrogen) atoms. The third-order valence-corrected chi connectivity index (χ3v) is 2.89. The number of ether oxygens (including phenoxy) is 1. The van der Waals surface area contributed by atoms with Gasteiger partial charge in [0.05, 0.1) is 11.6 Å². The Morgan fingerprint density at radius 1 is 1.53 bits per heavy atom. The molecule has 1 unspecified atom stereocenters. The highest BCUT2D eigenvalue weighted by Crippen LogP contribution is 2.41. The minimum atomic E-state index is 0.0480. The van der Waals surface area contributed by atoms with Crippen LogP contribution in [0.25, 0.3) is 0 Å². The Morgan fingerprint density at radius 3 is 2.80 bits per heavy atom. The fourth-order valence-corrected chi connectivity index (χ4v) is 1.90. The number of aryl methyl sites for hydroxylation is 1. The number of halogens is 1. The molecule has 0 saturated heterocycles. The number of methoxy groups -OCH3 is 1. The van der Waals surface area contributed by atoms with E-state index in [0.717, 1.165) is 17.2 Å². The first-order valence-electron chi connectivity index (χ1n) is 5.18. The van der Waals surface area contributed by atoms with Crippen molar-refractivity contribution in [2.24, 2.45) is 5.92 Å². The molecule has 1 atom stereocenters. The lowest BCUT2D eigenvalue weighted by molar-refractivity contribution is 0.0769. The highest BCUT2D eigenvalue weighted by Gasteiger charge is 2.34. The van der Waals surface area contributed by atoms with Crippen LogP contribution in [0.4, 0.5) is 0 Å². The summed E-state index contributed by atoms with van der Waals surface area (Å²) < 4.78 is 5.45. The van der Waals surface area contributed by atoms with Crippen molar-refractivity contribution in [1.29, 1.82) is 0 Å². The Bertz CT molecular complexity index is 352. The first kappa shape index (κ1) is 10.8. The molecule has 1 heterocycles. The average Bonchev–Trinajstić information content (AvgIpc) is 3.02. The summed E-state index contributed by atoms with van der Waals surface area (Å²) in [6, 6.07) is 1.91. The molecule has 0 N–H and O–H groups in total. The molecule has 4 heteroatoms.